The topological polar surface area (TPSA) is 58.6 Å². The van der Waals surface area contributed by atoms with Gasteiger partial charge >= 0.3 is 0 Å². The molecule has 3 rings (SSSR count). The number of anilines is 1. The molecule has 4 nitrogen and oxygen atoms in total. The van der Waals surface area contributed by atoms with Gasteiger partial charge in [0.2, 0.25) is 0 Å². The third-order valence-electron chi connectivity index (χ3n) is 3.38. The van der Waals surface area contributed by atoms with Crippen LogP contribution < -0.4 is 10.1 Å². The second-order valence-corrected chi connectivity index (χ2v) is 5.17. The molecule has 0 aliphatic carbocycles. The summed E-state index contributed by atoms with van der Waals surface area (Å²) in [5, 5.41) is 12.2. The lowest BCUT2D eigenvalue weighted by molar-refractivity contribution is 0.102. The van der Waals surface area contributed by atoms with Gasteiger partial charge in [-0.25, -0.2) is 8.78 Å². The molecular formula is C19H13F2NO3. The van der Waals surface area contributed by atoms with Crippen LogP contribution in [0.1, 0.15) is 10.4 Å². The molecule has 0 unspecified atom stereocenters. The van der Waals surface area contributed by atoms with Crippen LogP contribution in [-0.4, -0.2) is 11.0 Å². The Morgan fingerprint density at radius 2 is 1.68 bits per heavy atom. The van der Waals surface area contributed by atoms with Gasteiger partial charge in [0.15, 0.2) is 11.6 Å². The highest BCUT2D eigenvalue weighted by Crippen LogP contribution is 2.27. The number of nitrogens with one attached hydrogen (secondary N) is 1. The number of aromatic hydroxyl groups is 1. The minimum Gasteiger partial charge on any atom is -0.507 e. The first-order valence-corrected chi connectivity index (χ1v) is 7.35. The lowest BCUT2D eigenvalue weighted by Gasteiger charge is -2.10. The number of benzene rings is 3. The van der Waals surface area contributed by atoms with Gasteiger partial charge < -0.3 is 15.2 Å². The van der Waals surface area contributed by atoms with E-state index < -0.39 is 17.5 Å². The van der Waals surface area contributed by atoms with Crippen LogP contribution in [-0.2, 0) is 0 Å². The van der Waals surface area contributed by atoms with Crippen molar-refractivity contribution in [2.75, 3.05) is 5.32 Å². The van der Waals surface area contributed by atoms with Crippen molar-refractivity contribution in [2.24, 2.45) is 0 Å². The van der Waals surface area contributed by atoms with Crippen molar-refractivity contribution in [2.45, 2.75) is 0 Å². The fraction of sp³-hybridized carbons (Fsp3) is 0. The van der Waals surface area contributed by atoms with Gasteiger partial charge in [-0.05, 0) is 48.5 Å². The largest absolute Gasteiger partial charge is 0.507 e. The summed E-state index contributed by atoms with van der Waals surface area (Å²) >= 11 is 0. The first-order valence-electron chi connectivity index (χ1n) is 7.35. The van der Waals surface area contributed by atoms with E-state index in [2.05, 4.69) is 5.32 Å². The zero-order chi connectivity index (χ0) is 17.8. The number of carbonyl (C=O) groups is 1. The molecule has 0 aliphatic heterocycles. The maximum atomic E-state index is 14.1. The number of ether oxygens (including phenoxy) is 1. The molecule has 0 aromatic heterocycles. The number of phenolic OH excluding ortho intramolecular Hbond substituents is 1. The number of hydrogen-bond donors (Lipinski definition) is 2. The molecule has 0 saturated carbocycles. The molecule has 2 N–H and O–H groups in total. The molecule has 3 aromatic carbocycles. The van der Waals surface area contributed by atoms with Gasteiger partial charge in [0.25, 0.3) is 5.91 Å². The molecule has 6 heteroatoms. The van der Waals surface area contributed by atoms with Crippen molar-refractivity contribution in [3.63, 3.8) is 0 Å². The van der Waals surface area contributed by atoms with E-state index in [9.17, 15) is 18.7 Å². The molecule has 0 fully saturated rings. The molecule has 0 radical (unpaired) electrons. The van der Waals surface area contributed by atoms with Crippen LogP contribution in [0.4, 0.5) is 14.5 Å². The maximum absolute atomic E-state index is 14.1. The number of para-hydroxylation sites is 1. The summed E-state index contributed by atoms with van der Waals surface area (Å²) in [7, 11) is 0. The molecular weight excluding hydrogens is 328 g/mol. The van der Waals surface area contributed by atoms with Gasteiger partial charge in [0.05, 0.1) is 5.56 Å². The Morgan fingerprint density at radius 3 is 2.36 bits per heavy atom. The summed E-state index contributed by atoms with van der Waals surface area (Å²) in [4.78, 5) is 12.1. The van der Waals surface area contributed by atoms with Crippen molar-refractivity contribution in [1.82, 2.24) is 0 Å². The van der Waals surface area contributed by atoms with Gasteiger partial charge in [-0.1, -0.05) is 12.1 Å². The van der Waals surface area contributed by atoms with Crippen molar-refractivity contribution < 1.29 is 23.4 Å². The van der Waals surface area contributed by atoms with Crippen LogP contribution in [0.5, 0.6) is 17.2 Å². The molecule has 3 aromatic rings. The number of amides is 1. The molecule has 0 bridgehead atoms. The van der Waals surface area contributed by atoms with Gasteiger partial charge in [-0.3, -0.25) is 4.79 Å². The summed E-state index contributed by atoms with van der Waals surface area (Å²) in [6.07, 6.45) is 0. The molecule has 25 heavy (non-hydrogen) atoms. The van der Waals surface area contributed by atoms with E-state index in [-0.39, 0.29) is 28.5 Å². The Balaban J connectivity index is 1.74. The van der Waals surface area contributed by atoms with E-state index in [1.54, 1.807) is 12.1 Å². The minimum atomic E-state index is -0.695. The van der Waals surface area contributed by atoms with E-state index in [0.29, 0.717) is 0 Å². The summed E-state index contributed by atoms with van der Waals surface area (Å²) in [5.41, 5.74) is 0.284. The highest BCUT2D eigenvalue weighted by Gasteiger charge is 2.12. The summed E-state index contributed by atoms with van der Waals surface area (Å²) in [6.45, 7) is 0. The Labute approximate surface area is 142 Å². The van der Waals surface area contributed by atoms with Crippen LogP contribution in [0.15, 0.2) is 66.7 Å². The quantitative estimate of drug-likeness (QED) is 0.722. The monoisotopic (exact) mass is 341 g/mol. The number of rotatable bonds is 4. The lowest BCUT2D eigenvalue weighted by Crippen LogP contribution is -2.12. The zero-order valence-electron chi connectivity index (χ0n) is 12.9. The minimum absolute atomic E-state index is 0.0628. The first-order chi connectivity index (χ1) is 12.0. The van der Waals surface area contributed by atoms with Crippen molar-refractivity contribution in [3.8, 4) is 17.2 Å². The first kappa shape index (κ1) is 16.4. The zero-order valence-corrected chi connectivity index (χ0v) is 12.9. The van der Waals surface area contributed by atoms with Crippen LogP contribution in [0.3, 0.4) is 0 Å². The van der Waals surface area contributed by atoms with E-state index in [1.807, 2.05) is 0 Å². The third-order valence-corrected chi connectivity index (χ3v) is 3.38. The maximum Gasteiger partial charge on any atom is 0.259 e. The van der Waals surface area contributed by atoms with Gasteiger partial charge in [-0.15, -0.1) is 0 Å². The predicted molar refractivity (Wildman–Crippen MR) is 88.9 cm³/mol. The van der Waals surface area contributed by atoms with Crippen molar-refractivity contribution >= 4 is 11.6 Å². The van der Waals surface area contributed by atoms with Crippen molar-refractivity contribution in [1.29, 1.82) is 0 Å². The Morgan fingerprint density at radius 1 is 0.960 bits per heavy atom. The molecule has 0 aliphatic rings. The Hall–Kier alpha value is -3.41. The Bertz CT molecular complexity index is 911. The molecule has 0 atom stereocenters. The third kappa shape index (κ3) is 3.92. The second kappa shape index (κ2) is 7.00. The number of halogens is 2. The summed E-state index contributed by atoms with van der Waals surface area (Å²) < 4.78 is 32.3. The molecule has 0 spiro atoms. The second-order valence-electron chi connectivity index (χ2n) is 5.17. The number of carbonyl (C=O) groups excluding carboxylic acids is 1. The predicted octanol–water partition coefficient (Wildman–Crippen LogP) is 4.72. The molecule has 0 heterocycles. The van der Waals surface area contributed by atoms with E-state index in [4.69, 9.17) is 4.74 Å². The summed E-state index contributed by atoms with van der Waals surface area (Å²) in [6, 6.07) is 15.1. The van der Waals surface area contributed by atoms with E-state index in [1.165, 1.54) is 48.5 Å². The summed E-state index contributed by atoms with van der Waals surface area (Å²) in [5.74, 6) is -1.63. The average Bonchev–Trinajstić information content (AvgIpc) is 2.59. The SMILES string of the molecule is O=C(Nc1ccc(Oc2ccc(F)cc2)c(F)c1)c1ccccc1O. The number of phenols is 1. The fourth-order valence-corrected chi connectivity index (χ4v) is 2.16. The van der Waals surface area contributed by atoms with Crippen molar-refractivity contribution in [3.05, 3.63) is 83.9 Å². The van der Waals surface area contributed by atoms with Crippen LogP contribution in [0, 0.1) is 11.6 Å². The smallest absolute Gasteiger partial charge is 0.259 e. The van der Waals surface area contributed by atoms with Crippen LogP contribution in [0.25, 0.3) is 0 Å². The van der Waals surface area contributed by atoms with Crippen LogP contribution >= 0.6 is 0 Å². The van der Waals surface area contributed by atoms with E-state index in [0.717, 1.165) is 6.07 Å². The van der Waals surface area contributed by atoms with Gasteiger partial charge in [0.1, 0.15) is 17.3 Å². The Kier molecular flexibility index (Phi) is 4.61. The normalized spacial score (nSPS) is 10.3. The molecule has 1 amide bonds. The highest BCUT2D eigenvalue weighted by molar-refractivity contribution is 6.06. The van der Waals surface area contributed by atoms with Crippen LogP contribution in [0.2, 0.25) is 0 Å². The lowest BCUT2D eigenvalue weighted by atomic mass is 10.2. The number of hydrogen-bond acceptors (Lipinski definition) is 3. The average molecular weight is 341 g/mol. The highest BCUT2D eigenvalue weighted by atomic mass is 19.1. The van der Waals surface area contributed by atoms with Gasteiger partial charge in [0, 0.05) is 11.8 Å². The standard InChI is InChI=1S/C19H13F2NO3/c20-12-5-8-14(9-6-12)25-18-10-7-13(11-16(18)21)22-19(24)15-3-1-2-4-17(15)23/h1-11,23H,(H,22,24). The molecule has 0 saturated heterocycles. The van der Waals surface area contributed by atoms with E-state index >= 15 is 0 Å². The fourth-order valence-electron chi connectivity index (χ4n) is 2.16. The molecule has 126 valence electrons. The van der Waals surface area contributed by atoms with Gasteiger partial charge in [-0.2, -0.15) is 0 Å².